The van der Waals surface area contributed by atoms with Gasteiger partial charge in [0.2, 0.25) is 0 Å². The summed E-state index contributed by atoms with van der Waals surface area (Å²) in [5, 5.41) is 12.7. The molecule has 3 heteroatoms. The van der Waals surface area contributed by atoms with Gasteiger partial charge in [-0.2, -0.15) is 0 Å². The van der Waals surface area contributed by atoms with Crippen molar-refractivity contribution in [1.82, 2.24) is 9.47 Å². The molecule has 1 N–H and O–H groups in total. The summed E-state index contributed by atoms with van der Waals surface area (Å²) in [5.74, 6) is 0. The number of nitrogens with zero attached hydrogens (tertiary/aromatic N) is 2. The van der Waals surface area contributed by atoms with E-state index >= 15 is 0 Å². The largest absolute Gasteiger partial charge is 0.390 e. The molecule has 2 heterocycles. The first-order valence-corrected chi connectivity index (χ1v) is 13.3. The van der Waals surface area contributed by atoms with Crippen LogP contribution < -0.4 is 0 Å². The number of aliphatic hydroxyl groups excluding tert-OH is 1. The summed E-state index contributed by atoms with van der Waals surface area (Å²) in [6, 6.07) is 34.6. The van der Waals surface area contributed by atoms with Crippen LogP contribution in [0.4, 0.5) is 0 Å². The van der Waals surface area contributed by atoms with Crippen LogP contribution in [0, 0.1) is 13.8 Å². The molecule has 1 atom stereocenters. The maximum atomic E-state index is 11.5. The van der Waals surface area contributed by atoms with Crippen molar-refractivity contribution in [1.29, 1.82) is 0 Å². The zero-order chi connectivity index (χ0) is 25.4. The van der Waals surface area contributed by atoms with E-state index in [1.54, 1.807) is 0 Å². The van der Waals surface area contributed by atoms with Crippen LogP contribution in [-0.2, 0) is 19.5 Å². The van der Waals surface area contributed by atoms with Gasteiger partial charge in [-0.1, -0.05) is 96.6 Å². The van der Waals surface area contributed by atoms with Crippen molar-refractivity contribution in [2.24, 2.45) is 0 Å². The number of hydrogen-bond acceptors (Lipinski definition) is 2. The number of hydrogen-bond donors (Lipinski definition) is 1. The molecule has 0 spiro atoms. The molecule has 4 aromatic carbocycles. The first kappa shape index (κ1) is 23.7. The number of fused-ring (bicyclic) bond motifs is 2. The number of β-amino-alcohol motifs (C(OH)–C–C–N with tert-alkyl or cyclic N) is 1. The second-order valence-corrected chi connectivity index (χ2v) is 10.5. The molecule has 1 aliphatic heterocycles. The maximum absolute atomic E-state index is 11.5. The molecule has 0 aliphatic carbocycles. The van der Waals surface area contributed by atoms with E-state index in [4.69, 9.17) is 0 Å². The van der Waals surface area contributed by atoms with Crippen LogP contribution in [0.15, 0.2) is 97.1 Å². The van der Waals surface area contributed by atoms with E-state index in [9.17, 15) is 5.11 Å². The minimum absolute atomic E-state index is 0.479. The topological polar surface area (TPSA) is 28.4 Å². The Balaban J connectivity index is 1.44. The number of aromatic nitrogens is 1. The van der Waals surface area contributed by atoms with E-state index in [0.717, 1.165) is 19.5 Å². The van der Waals surface area contributed by atoms with Crippen molar-refractivity contribution >= 4 is 10.9 Å². The number of rotatable bonds is 6. The molecule has 0 bridgehead atoms. The molecule has 37 heavy (non-hydrogen) atoms. The Labute approximate surface area is 219 Å². The van der Waals surface area contributed by atoms with Gasteiger partial charge in [0.15, 0.2) is 0 Å². The molecule has 3 nitrogen and oxygen atoms in total. The number of aliphatic hydroxyl groups is 1. The lowest BCUT2D eigenvalue weighted by atomic mass is 9.97. The zero-order valence-corrected chi connectivity index (χ0v) is 21.7. The molecular formula is C34H34N2O. The van der Waals surface area contributed by atoms with Gasteiger partial charge in [0.25, 0.3) is 0 Å². The van der Waals surface area contributed by atoms with Crippen molar-refractivity contribution < 1.29 is 5.11 Å². The van der Waals surface area contributed by atoms with Crippen molar-refractivity contribution in [3.63, 3.8) is 0 Å². The molecule has 1 aromatic heterocycles. The Morgan fingerprint density at radius 1 is 0.757 bits per heavy atom. The third-order valence-corrected chi connectivity index (χ3v) is 7.67. The molecular weight excluding hydrogens is 452 g/mol. The van der Waals surface area contributed by atoms with E-state index in [-0.39, 0.29) is 0 Å². The maximum Gasteiger partial charge on any atom is 0.0846 e. The first-order valence-electron chi connectivity index (χ1n) is 13.3. The Hall–Kier alpha value is -3.66. The van der Waals surface area contributed by atoms with Crippen LogP contribution >= 0.6 is 0 Å². The molecule has 5 aromatic rings. The van der Waals surface area contributed by atoms with Gasteiger partial charge in [0.1, 0.15) is 0 Å². The van der Waals surface area contributed by atoms with E-state index in [1.807, 2.05) is 0 Å². The van der Waals surface area contributed by atoms with Gasteiger partial charge < -0.3 is 9.67 Å². The molecule has 0 fully saturated rings. The van der Waals surface area contributed by atoms with E-state index in [1.165, 1.54) is 55.5 Å². The summed E-state index contributed by atoms with van der Waals surface area (Å²) in [6.45, 7) is 7.47. The normalized spacial score (nSPS) is 14.6. The highest BCUT2D eigenvalue weighted by Crippen LogP contribution is 2.42. The molecule has 1 unspecified atom stereocenters. The lowest BCUT2D eigenvalue weighted by Crippen LogP contribution is -2.38. The summed E-state index contributed by atoms with van der Waals surface area (Å²) in [4.78, 5) is 2.40. The smallest absolute Gasteiger partial charge is 0.0846 e. The predicted molar refractivity (Wildman–Crippen MR) is 154 cm³/mol. The lowest BCUT2D eigenvalue weighted by molar-refractivity contribution is 0.0931. The highest BCUT2D eigenvalue weighted by molar-refractivity contribution is 6.06. The molecule has 186 valence electrons. The Bertz CT molecular complexity index is 1540. The summed E-state index contributed by atoms with van der Waals surface area (Å²) in [7, 11) is 0. The summed E-state index contributed by atoms with van der Waals surface area (Å²) >= 11 is 0. The molecule has 6 rings (SSSR count). The van der Waals surface area contributed by atoms with E-state index < -0.39 is 6.10 Å². The summed E-state index contributed by atoms with van der Waals surface area (Å²) in [5.41, 5.74) is 11.3. The highest BCUT2D eigenvalue weighted by Gasteiger charge is 2.24. The number of benzene rings is 4. The first-order chi connectivity index (χ1) is 18.1. The van der Waals surface area contributed by atoms with E-state index in [0.29, 0.717) is 13.1 Å². The second-order valence-electron chi connectivity index (χ2n) is 10.5. The minimum Gasteiger partial charge on any atom is -0.390 e. The highest BCUT2D eigenvalue weighted by atomic mass is 16.3. The van der Waals surface area contributed by atoms with Crippen LogP contribution in [0.1, 0.15) is 22.3 Å². The van der Waals surface area contributed by atoms with Crippen LogP contribution in [0.25, 0.3) is 33.3 Å². The average Bonchev–Trinajstić information content (AvgIpc) is 3.23. The van der Waals surface area contributed by atoms with Crippen molar-refractivity contribution in [2.75, 3.05) is 13.1 Å². The van der Waals surface area contributed by atoms with Crippen molar-refractivity contribution in [3.8, 4) is 22.4 Å². The van der Waals surface area contributed by atoms with Crippen LogP contribution in [0.3, 0.4) is 0 Å². The quantitative estimate of drug-likeness (QED) is 0.280. The third-order valence-electron chi connectivity index (χ3n) is 7.67. The average molecular weight is 487 g/mol. The third kappa shape index (κ3) is 4.61. The summed E-state index contributed by atoms with van der Waals surface area (Å²) < 4.78 is 2.38. The van der Waals surface area contributed by atoms with Crippen LogP contribution in [0.5, 0.6) is 0 Å². The van der Waals surface area contributed by atoms with E-state index in [2.05, 4.69) is 120 Å². The van der Waals surface area contributed by atoms with Gasteiger partial charge in [0, 0.05) is 30.6 Å². The Kier molecular flexibility index (Phi) is 6.42. The van der Waals surface area contributed by atoms with Gasteiger partial charge in [-0.05, 0) is 54.2 Å². The fourth-order valence-electron chi connectivity index (χ4n) is 6.14. The van der Waals surface area contributed by atoms with Crippen LogP contribution in [0.2, 0.25) is 0 Å². The molecule has 1 aliphatic rings. The Morgan fingerprint density at radius 2 is 1.41 bits per heavy atom. The SMILES string of the molecule is Cc1cc(C)c2c(c1)c(-c1ccccc1)c(-c1ccccc1)n2CC(O)CN1CCc2ccccc2C1. The van der Waals surface area contributed by atoms with Gasteiger partial charge in [-0.3, -0.25) is 4.90 Å². The predicted octanol–water partition coefficient (Wildman–Crippen LogP) is 7.01. The van der Waals surface area contributed by atoms with Crippen LogP contribution in [-0.4, -0.2) is 33.8 Å². The van der Waals surface area contributed by atoms with Crippen molar-refractivity contribution in [2.45, 2.75) is 39.5 Å². The Morgan fingerprint density at radius 3 is 2.14 bits per heavy atom. The standard InChI is InChI=1S/C34H34N2O/c1-24-19-25(2)33-31(20-24)32(27-12-5-3-6-13-27)34(28-14-7-4-8-15-28)36(33)23-30(37)22-35-18-17-26-11-9-10-16-29(26)21-35/h3-16,19-20,30,37H,17-18,21-23H2,1-2H3. The van der Waals surface area contributed by atoms with Gasteiger partial charge in [-0.25, -0.2) is 0 Å². The molecule has 0 saturated carbocycles. The van der Waals surface area contributed by atoms with Gasteiger partial charge in [-0.15, -0.1) is 0 Å². The molecule has 0 radical (unpaired) electrons. The fourth-order valence-corrected chi connectivity index (χ4v) is 6.14. The summed E-state index contributed by atoms with van der Waals surface area (Å²) in [6.07, 6.45) is 0.564. The van der Waals surface area contributed by atoms with Gasteiger partial charge >= 0.3 is 0 Å². The van der Waals surface area contributed by atoms with Gasteiger partial charge in [0.05, 0.1) is 23.9 Å². The second kappa shape index (κ2) is 10.0. The molecule has 0 saturated heterocycles. The minimum atomic E-state index is -0.479. The molecule has 0 amide bonds. The zero-order valence-electron chi connectivity index (χ0n) is 21.7. The fraction of sp³-hybridized carbons (Fsp3) is 0.235. The number of aryl methyl sites for hydroxylation is 2. The monoisotopic (exact) mass is 486 g/mol. The van der Waals surface area contributed by atoms with Crippen molar-refractivity contribution in [3.05, 3.63) is 119 Å². The lowest BCUT2D eigenvalue weighted by Gasteiger charge is -2.30.